The van der Waals surface area contributed by atoms with Crippen molar-refractivity contribution in [1.82, 2.24) is 0 Å². The van der Waals surface area contributed by atoms with Gasteiger partial charge in [0.2, 0.25) is 0 Å². The van der Waals surface area contributed by atoms with Crippen molar-refractivity contribution in [2.45, 2.75) is 11.7 Å². The molecule has 0 aromatic heterocycles. The largest absolute Gasteiger partial charge is 0.228 e. The van der Waals surface area contributed by atoms with Crippen molar-refractivity contribution in [3.63, 3.8) is 0 Å². The number of halogens is 2. The van der Waals surface area contributed by atoms with Gasteiger partial charge in [0.05, 0.1) is 11.0 Å². The topological polar surface area (TPSA) is 34.1 Å². The number of hydrogen-bond donors (Lipinski definition) is 0. The predicted molar refractivity (Wildman–Crippen MR) is 57.6 cm³/mol. The van der Waals surface area contributed by atoms with Crippen LogP contribution in [0.5, 0.6) is 0 Å². The first kappa shape index (κ1) is 10.3. The maximum Gasteiger partial charge on any atom is 0.157 e. The summed E-state index contributed by atoms with van der Waals surface area (Å²) >= 11 is 11.6. The molecule has 5 heteroatoms. The molecule has 0 N–H and O–H groups in total. The Kier molecular flexibility index (Phi) is 2.50. The second-order valence-electron chi connectivity index (χ2n) is 3.35. The van der Waals surface area contributed by atoms with E-state index in [0.29, 0.717) is 22.0 Å². The highest BCUT2D eigenvalue weighted by Crippen LogP contribution is 2.38. The van der Waals surface area contributed by atoms with E-state index < -0.39 is 15.1 Å². The molecule has 1 aromatic rings. The van der Waals surface area contributed by atoms with Crippen LogP contribution >= 0.6 is 23.2 Å². The molecule has 1 aliphatic rings. The summed E-state index contributed by atoms with van der Waals surface area (Å²) in [5.41, 5.74) is 0.703. The molecule has 0 amide bonds. The third kappa shape index (κ3) is 1.76. The van der Waals surface area contributed by atoms with E-state index in [1.165, 1.54) is 0 Å². The molecule has 0 radical (unpaired) electrons. The van der Waals surface area contributed by atoms with Crippen molar-refractivity contribution in [1.29, 1.82) is 0 Å². The molecule has 0 aliphatic carbocycles. The Labute approximate surface area is 92.8 Å². The van der Waals surface area contributed by atoms with Crippen molar-refractivity contribution in [3.05, 3.63) is 33.8 Å². The van der Waals surface area contributed by atoms with E-state index in [1.54, 1.807) is 18.2 Å². The van der Waals surface area contributed by atoms with Crippen molar-refractivity contribution in [2.24, 2.45) is 0 Å². The van der Waals surface area contributed by atoms with Crippen LogP contribution in [0.15, 0.2) is 18.2 Å². The smallest absolute Gasteiger partial charge is 0.157 e. The lowest BCUT2D eigenvalue weighted by atomic mass is 10.1. The normalized spacial score (nSPS) is 24.3. The first-order valence-electron chi connectivity index (χ1n) is 4.16. The molecule has 1 fully saturated rings. The van der Waals surface area contributed by atoms with E-state index >= 15 is 0 Å². The van der Waals surface area contributed by atoms with Gasteiger partial charge in [-0.2, -0.15) is 0 Å². The average Bonchev–Trinajstić information content (AvgIpc) is 2.00. The van der Waals surface area contributed by atoms with E-state index in [1.807, 2.05) is 0 Å². The van der Waals surface area contributed by atoms with Gasteiger partial charge in [0.1, 0.15) is 0 Å². The fourth-order valence-corrected chi connectivity index (χ4v) is 3.51. The molecule has 0 saturated carbocycles. The van der Waals surface area contributed by atoms with Crippen molar-refractivity contribution in [3.8, 4) is 0 Å². The van der Waals surface area contributed by atoms with Gasteiger partial charge in [-0.3, -0.25) is 0 Å². The van der Waals surface area contributed by atoms with E-state index in [0.717, 1.165) is 0 Å². The van der Waals surface area contributed by atoms with Crippen LogP contribution in [-0.4, -0.2) is 14.2 Å². The minimum Gasteiger partial charge on any atom is -0.228 e. The number of sulfone groups is 1. The molecule has 14 heavy (non-hydrogen) atoms. The Hall–Kier alpha value is -0.250. The monoisotopic (exact) mass is 250 g/mol. The molecule has 1 aliphatic heterocycles. The Morgan fingerprint density at radius 2 is 1.71 bits per heavy atom. The zero-order valence-corrected chi connectivity index (χ0v) is 9.53. The summed E-state index contributed by atoms with van der Waals surface area (Å²) < 4.78 is 22.7. The van der Waals surface area contributed by atoms with Crippen LogP contribution in [0.3, 0.4) is 0 Å². The Morgan fingerprint density at radius 1 is 1.14 bits per heavy atom. The fraction of sp³-hybridized carbons (Fsp3) is 0.333. The first-order chi connectivity index (χ1) is 6.49. The van der Waals surface area contributed by atoms with Gasteiger partial charge in [-0.15, -0.1) is 0 Å². The van der Waals surface area contributed by atoms with Crippen LogP contribution in [0, 0.1) is 0 Å². The average molecular weight is 251 g/mol. The number of benzene rings is 1. The maximum atomic E-state index is 11.4. The van der Waals surface area contributed by atoms with Gasteiger partial charge in [0.25, 0.3) is 0 Å². The highest BCUT2D eigenvalue weighted by atomic mass is 35.5. The Bertz CT molecular complexity index is 447. The lowest BCUT2D eigenvalue weighted by Gasteiger charge is -2.26. The van der Waals surface area contributed by atoms with Gasteiger partial charge in [0.15, 0.2) is 9.84 Å². The SMILES string of the molecule is O=S1(=O)CCC1c1cc(Cl)cc(Cl)c1. The molecule has 1 heterocycles. The summed E-state index contributed by atoms with van der Waals surface area (Å²) in [5, 5.41) is 0.558. The predicted octanol–water partition coefficient (Wildman–Crippen LogP) is 2.85. The second kappa shape index (κ2) is 3.40. The molecule has 1 atom stereocenters. The summed E-state index contributed by atoms with van der Waals surface area (Å²) in [6, 6.07) is 4.92. The second-order valence-corrected chi connectivity index (χ2v) is 6.52. The van der Waals surface area contributed by atoms with E-state index in [9.17, 15) is 8.42 Å². The molecule has 1 saturated heterocycles. The molecular weight excluding hydrogens is 243 g/mol. The third-order valence-electron chi connectivity index (χ3n) is 2.35. The summed E-state index contributed by atoms with van der Waals surface area (Å²) in [7, 11) is -2.93. The van der Waals surface area contributed by atoms with Gasteiger partial charge in [-0.25, -0.2) is 8.42 Å². The standard InChI is InChI=1S/C9H8Cl2O2S/c10-7-3-6(4-8(11)5-7)9-1-2-14(9,12)13/h3-5,9H,1-2H2. The van der Waals surface area contributed by atoms with Crippen LogP contribution in [0.2, 0.25) is 10.0 Å². The zero-order valence-electron chi connectivity index (χ0n) is 7.20. The van der Waals surface area contributed by atoms with Gasteiger partial charge < -0.3 is 0 Å². The zero-order chi connectivity index (χ0) is 10.3. The summed E-state index contributed by atoms with van der Waals surface area (Å²) in [6.45, 7) is 0. The van der Waals surface area contributed by atoms with Crippen molar-refractivity contribution < 1.29 is 8.42 Å². The molecular formula is C9H8Cl2O2S. The third-order valence-corrected chi connectivity index (χ3v) is 4.97. The van der Waals surface area contributed by atoms with E-state index in [4.69, 9.17) is 23.2 Å². The van der Waals surface area contributed by atoms with E-state index in [-0.39, 0.29) is 5.75 Å². The molecule has 0 bridgehead atoms. The van der Waals surface area contributed by atoms with Gasteiger partial charge in [-0.1, -0.05) is 23.2 Å². The minimum atomic E-state index is -2.93. The lowest BCUT2D eigenvalue weighted by Crippen LogP contribution is -2.28. The van der Waals surface area contributed by atoms with Crippen molar-refractivity contribution >= 4 is 33.0 Å². The van der Waals surface area contributed by atoms with Crippen LogP contribution in [0.25, 0.3) is 0 Å². The molecule has 2 nitrogen and oxygen atoms in total. The Balaban J connectivity index is 2.43. The van der Waals surface area contributed by atoms with Crippen LogP contribution < -0.4 is 0 Å². The molecule has 2 rings (SSSR count). The first-order valence-corrected chi connectivity index (χ1v) is 6.64. The minimum absolute atomic E-state index is 0.266. The quantitative estimate of drug-likeness (QED) is 0.769. The highest BCUT2D eigenvalue weighted by molar-refractivity contribution is 7.93. The van der Waals surface area contributed by atoms with Gasteiger partial charge >= 0.3 is 0 Å². The molecule has 1 unspecified atom stereocenters. The van der Waals surface area contributed by atoms with Gasteiger partial charge in [-0.05, 0) is 30.2 Å². The molecule has 1 aromatic carbocycles. The Morgan fingerprint density at radius 3 is 2.07 bits per heavy atom. The fourth-order valence-electron chi connectivity index (χ4n) is 1.56. The van der Waals surface area contributed by atoms with E-state index in [2.05, 4.69) is 0 Å². The highest BCUT2D eigenvalue weighted by Gasteiger charge is 2.36. The maximum absolute atomic E-state index is 11.4. The number of hydrogen-bond acceptors (Lipinski definition) is 2. The van der Waals surface area contributed by atoms with Crippen LogP contribution in [0.4, 0.5) is 0 Å². The summed E-state index contributed by atoms with van der Waals surface area (Å²) in [4.78, 5) is 0. The van der Waals surface area contributed by atoms with Crippen molar-refractivity contribution in [2.75, 3.05) is 5.75 Å². The summed E-state index contributed by atoms with van der Waals surface area (Å²) in [6.07, 6.45) is 0.666. The van der Waals surface area contributed by atoms with Crippen LogP contribution in [0.1, 0.15) is 17.2 Å². The van der Waals surface area contributed by atoms with Crippen LogP contribution in [-0.2, 0) is 9.84 Å². The lowest BCUT2D eigenvalue weighted by molar-refractivity contribution is 0.553. The number of rotatable bonds is 1. The summed E-state index contributed by atoms with van der Waals surface area (Å²) in [5.74, 6) is 0.266. The molecule has 76 valence electrons. The molecule has 0 spiro atoms. The van der Waals surface area contributed by atoms with Gasteiger partial charge in [0, 0.05) is 10.0 Å².